The molecule has 1 saturated heterocycles. The van der Waals surface area contributed by atoms with Gasteiger partial charge in [-0.2, -0.15) is 0 Å². The molecule has 5 aliphatic rings. The fourth-order valence-corrected chi connectivity index (χ4v) is 10.2. The van der Waals surface area contributed by atoms with Gasteiger partial charge in [-0.15, -0.1) is 0 Å². The zero-order valence-corrected chi connectivity index (χ0v) is 29.8. The lowest BCUT2D eigenvalue weighted by atomic mass is 9.44. The number of hydrogen-bond donors (Lipinski definition) is 4. The summed E-state index contributed by atoms with van der Waals surface area (Å²) >= 11 is 0. The molecule has 1 heterocycles. The largest absolute Gasteiger partial charge is 0.481 e. The number of alkyl halides is 1. The molecule has 4 aliphatic carbocycles. The number of esters is 1. The highest BCUT2D eigenvalue weighted by Gasteiger charge is 2.79. The average Bonchev–Trinajstić information content (AvgIpc) is 3.64. The first-order valence-corrected chi connectivity index (χ1v) is 18.3. The summed E-state index contributed by atoms with van der Waals surface area (Å²) in [6, 6.07) is 13.9. The number of carbonyl (C=O) groups excluding carboxylic acids is 3. The van der Waals surface area contributed by atoms with Gasteiger partial charge in [0, 0.05) is 28.7 Å². The van der Waals surface area contributed by atoms with Crippen LogP contribution in [0.25, 0.3) is 0 Å². The Morgan fingerprint density at radius 3 is 2.53 bits per heavy atom. The van der Waals surface area contributed by atoms with Crippen LogP contribution < -0.4 is 5.73 Å². The molecule has 53 heavy (non-hydrogen) atoms. The van der Waals surface area contributed by atoms with Crippen molar-refractivity contribution in [2.75, 3.05) is 6.61 Å². The van der Waals surface area contributed by atoms with Crippen LogP contribution in [0.4, 0.5) is 4.39 Å². The summed E-state index contributed by atoms with van der Waals surface area (Å²) < 4.78 is 36.7. The number of aliphatic hydroxyl groups excluding tert-OH is 2. The van der Waals surface area contributed by atoms with Crippen molar-refractivity contribution in [3.8, 4) is 0 Å². The molecule has 0 bridgehead atoms. The molecule has 2 aromatic rings. The van der Waals surface area contributed by atoms with Gasteiger partial charge in [-0.1, -0.05) is 67.1 Å². The van der Waals surface area contributed by atoms with Crippen LogP contribution in [0.3, 0.4) is 0 Å². The van der Waals surface area contributed by atoms with E-state index in [9.17, 15) is 29.4 Å². The zero-order valence-electron chi connectivity index (χ0n) is 29.8. The van der Waals surface area contributed by atoms with Crippen LogP contribution in [-0.4, -0.2) is 75.0 Å². The van der Waals surface area contributed by atoms with E-state index in [2.05, 4.69) is 0 Å². The number of hydrogen-bond acceptors (Lipinski definition) is 10. The van der Waals surface area contributed by atoms with Gasteiger partial charge in [0.1, 0.15) is 6.04 Å². The Kier molecular flexibility index (Phi) is 9.60. The molecule has 0 unspecified atom stereocenters. The molecule has 10 atom stereocenters. The summed E-state index contributed by atoms with van der Waals surface area (Å²) in [7, 11) is 0. The van der Waals surface area contributed by atoms with Crippen LogP contribution in [0.1, 0.15) is 80.9 Å². The highest BCUT2D eigenvalue weighted by molar-refractivity contribution is 6.01. The molecular weight excluding hydrogens is 685 g/mol. The van der Waals surface area contributed by atoms with Crippen molar-refractivity contribution in [2.45, 2.75) is 101 Å². The van der Waals surface area contributed by atoms with Crippen molar-refractivity contribution >= 4 is 23.5 Å². The van der Waals surface area contributed by atoms with E-state index in [-0.39, 0.29) is 38.1 Å². The van der Waals surface area contributed by atoms with Gasteiger partial charge in [-0.05, 0) is 80.2 Å². The second-order valence-electron chi connectivity index (χ2n) is 15.8. The molecule has 2 aromatic carbocycles. The van der Waals surface area contributed by atoms with Crippen molar-refractivity contribution in [3.63, 3.8) is 0 Å². The van der Waals surface area contributed by atoms with Crippen LogP contribution in [0.15, 0.2) is 72.3 Å². The first-order chi connectivity index (χ1) is 25.2. The molecule has 7 rings (SSSR count). The second kappa shape index (κ2) is 13.7. The van der Waals surface area contributed by atoms with Crippen LogP contribution in [0.2, 0.25) is 0 Å². The lowest BCUT2D eigenvalue weighted by Crippen LogP contribution is -2.69. The van der Waals surface area contributed by atoms with Crippen molar-refractivity contribution in [1.29, 1.82) is 0 Å². The van der Waals surface area contributed by atoms with Gasteiger partial charge in [0.05, 0.1) is 18.8 Å². The maximum atomic E-state index is 17.9. The van der Waals surface area contributed by atoms with Crippen molar-refractivity contribution < 1.29 is 53.1 Å². The number of halogens is 1. The Bertz CT molecular complexity index is 1880. The van der Waals surface area contributed by atoms with Gasteiger partial charge in [0.15, 0.2) is 29.9 Å². The third-order valence-corrected chi connectivity index (χ3v) is 13.0. The topological polar surface area (TPSA) is 183 Å². The number of aliphatic carboxylic acids is 1. The Labute approximate surface area is 307 Å². The number of carbonyl (C=O) groups is 4. The minimum atomic E-state index is -2.15. The number of fused-ring (bicyclic) bond motifs is 7. The van der Waals surface area contributed by atoms with Gasteiger partial charge in [-0.25, -0.2) is 4.39 Å². The molecule has 0 radical (unpaired) electrons. The number of carboxylic acid groups (broad SMARTS) is 1. The van der Waals surface area contributed by atoms with Gasteiger partial charge in [-0.3, -0.25) is 19.2 Å². The van der Waals surface area contributed by atoms with E-state index in [1.54, 1.807) is 13.0 Å². The van der Waals surface area contributed by atoms with Crippen LogP contribution in [-0.2, 0) is 46.4 Å². The molecule has 0 aromatic heterocycles. The number of rotatable bonds is 11. The van der Waals surface area contributed by atoms with Gasteiger partial charge >= 0.3 is 11.9 Å². The number of ketones is 2. The van der Waals surface area contributed by atoms with Crippen molar-refractivity contribution in [2.24, 2.45) is 28.4 Å². The van der Waals surface area contributed by atoms with Gasteiger partial charge < -0.3 is 35.3 Å². The Morgan fingerprint density at radius 1 is 1.08 bits per heavy atom. The number of carboxylic acids is 1. The Morgan fingerprint density at radius 2 is 1.81 bits per heavy atom. The molecule has 12 heteroatoms. The highest BCUT2D eigenvalue weighted by Crippen LogP contribution is 2.72. The molecule has 0 amide bonds. The summed E-state index contributed by atoms with van der Waals surface area (Å²) in [5, 5.41) is 30.4. The lowest BCUT2D eigenvalue weighted by Gasteiger charge is -2.62. The predicted molar refractivity (Wildman–Crippen MR) is 188 cm³/mol. The summed E-state index contributed by atoms with van der Waals surface area (Å²) in [5.74, 6) is -4.10. The molecule has 4 fully saturated rings. The molecule has 11 nitrogen and oxygen atoms in total. The predicted octanol–water partition coefficient (Wildman–Crippen LogP) is 4.21. The normalized spacial score (nSPS) is 36.1. The number of aliphatic hydroxyl groups is 2. The summed E-state index contributed by atoms with van der Waals surface area (Å²) in [4.78, 5) is 50.8. The molecular formula is C41H46FNO10. The first kappa shape index (κ1) is 37.3. The number of ether oxygens (including phenoxy) is 3. The molecule has 5 N–H and O–H groups in total. The van der Waals surface area contributed by atoms with E-state index in [0.717, 1.165) is 16.7 Å². The Hall–Kier alpha value is -4.07. The third-order valence-electron chi connectivity index (χ3n) is 13.0. The number of Topliss-reactive ketones (excluding diaryl/α,β-unsaturated/α-hetero) is 1. The smallest absolute Gasteiger partial charge is 0.323 e. The summed E-state index contributed by atoms with van der Waals surface area (Å²) in [5.41, 5.74) is 3.66. The van der Waals surface area contributed by atoms with Crippen LogP contribution in [0.5, 0.6) is 0 Å². The summed E-state index contributed by atoms with van der Waals surface area (Å²) in [6.45, 7) is 2.75. The monoisotopic (exact) mass is 731 g/mol. The molecule has 3 saturated carbocycles. The number of nitrogens with two attached hydrogens (primary N) is 1. The van der Waals surface area contributed by atoms with Crippen molar-refractivity contribution in [1.82, 2.24) is 0 Å². The van der Waals surface area contributed by atoms with E-state index in [1.807, 2.05) is 55.5 Å². The fourth-order valence-electron chi connectivity index (χ4n) is 10.2. The van der Waals surface area contributed by atoms with E-state index >= 15 is 4.39 Å². The van der Waals surface area contributed by atoms with Crippen LogP contribution >= 0.6 is 0 Å². The highest BCUT2D eigenvalue weighted by atomic mass is 19.1. The minimum Gasteiger partial charge on any atom is -0.481 e. The first-order valence-electron chi connectivity index (χ1n) is 18.3. The third kappa shape index (κ3) is 5.90. The SMILES string of the molecule is C[C@]12C=CC(=O)C=C1CC[C@H]1[C@@H]3C[C@H]4O[C@@H](c5cccc(Cc6ccc(CO)cc6)c5)O[C@@]4(C(=O)COC(=O)[C@@H](N)CCC(=O)O)[C@@]3(C)C[C@H](O)[C@@]12F. The van der Waals surface area contributed by atoms with E-state index in [0.29, 0.717) is 30.4 Å². The number of benzene rings is 2. The standard InChI is InChI=1S/C41H46FNO10/c1-38-15-14-28(45)18-27(38)10-11-29-30-19-34-41(39(30,2)20-32(46)40(29,38)42,33(47)22-51-36(50)31(43)12-13-35(48)49)53-37(52-34)26-5-3-4-25(17-26)16-23-6-8-24(21-44)9-7-23/h3-9,14-15,17-18,29-32,34,37,44,46H,10-13,16,19-22,43H2,1-2H3,(H,48,49)/t29-,30-,31-,32-,34+,37+,38-,39-,40-,41+/m0/s1. The molecule has 1 aliphatic heterocycles. The lowest BCUT2D eigenvalue weighted by molar-refractivity contribution is -0.231. The van der Waals surface area contributed by atoms with E-state index in [1.165, 1.54) is 12.2 Å². The average molecular weight is 732 g/mol. The van der Waals surface area contributed by atoms with Crippen LogP contribution in [0, 0.1) is 22.7 Å². The van der Waals surface area contributed by atoms with Gasteiger partial charge in [0.25, 0.3) is 0 Å². The zero-order chi connectivity index (χ0) is 37.9. The molecule has 282 valence electrons. The van der Waals surface area contributed by atoms with Crippen molar-refractivity contribution in [3.05, 3.63) is 94.6 Å². The van der Waals surface area contributed by atoms with Gasteiger partial charge in [0.2, 0.25) is 5.78 Å². The fraction of sp³-hybridized carbons (Fsp3) is 0.512. The summed E-state index contributed by atoms with van der Waals surface area (Å²) in [6.07, 6.45) is 1.87. The maximum Gasteiger partial charge on any atom is 0.323 e. The number of allylic oxidation sites excluding steroid dienone is 4. The van der Waals surface area contributed by atoms with E-state index in [4.69, 9.17) is 25.1 Å². The maximum absolute atomic E-state index is 17.9. The Balaban J connectivity index is 1.21. The quantitative estimate of drug-likeness (QED) is 0.243. The van der Waals surface area contributed by atoms with E-state index < -0.39 is 82.8 Å². The molecule has 0 spiro atoms. The minimum absolute atomic E-state index is 0.0518. The second-order valence-corrected chi connectivity index (χ2v) is 15.8.